The number of nitrogens with two attached hydrogens (primary N) is 1. The van der Waals surface area contributed by atoms with Gasteiger partial charge in [0, 0.05) is 12.2 Å². The van der Waals surface area contributed by atoms with Gasteiger partial charge in [0.05, 0.1) is 17.0 Å². The molecule has 6 heteroatoms. The molecular formula is C14H15N3O3. The fraction of sp³-hybridized carbons (Fsp3) is 0.357. The van der Waals surface area contributed by atoms with Crippen molar-refractivity contribution in [2.24, 2.45) is 5.92 Å². The van der Waals surface area contributed by atoms with Gasteiger partial charge < -0.3 is 11.1 Å². The second-order valence-corrected chi connectivity index (χ2v) is 5.10. The number of carbonyl (C=O) groups excluding carboxylic acids is 3. The van der Waals surface area contributed by atoms with Crippen LogP contribution in [-0.2, 0) is 4.79 Å². The van der Waals surface area contributed by atoms with Crippen LogP contribution in [0, 0.1) is 5.92 Å². The van der Waals surface area contributed by atoms with E-state index < -0.39 is 17.7 Å². The molecule has 0 unspecified atom stereocenters. The first-order chi connectivity index (χ1) is 9.61. The Morgan fingerprint density at radius 1 is 1.30 bits per heavy atom. The lowest BCUT2D eigenvalue weighted by Crippen LogP contribution is -2.45. The van der Waals surface area contributed by atoms with Crippen LogP contribution in [0.3, 0.4) is 0 Å². The van der Waals surface area contributed by atoms with Crippen LogP contribution in [0.15, 0.2) is 18.2 Å². The van der Waals surface area contributed by atoms with Gasteiger partial charge in [0.2, 0.25) is 5.91 Å². The monoisotopic (exact) mass is 273 g/mol. The van der Waals surface area contributed by atoms with E-state index in [2.05, 4.69) is 5.32 Å². The summed E-state index contributed by atoms with van der Waals surface area (Å²) in [4.78, 5) is 37.7. The highest BCUT2D eigenvalue weighted by Crippen LogP contribution is 2.29. The molecule has 0 aliphatic carbocycles. The Morgan fingerprint density at radius 2 is 2.10 bits per heavy atom. The number of nitrogens with one attached hydrogen (secondary N) is 1. The molecule has 0 saturated carbocycles. The van der Waals surface area contributed by atoms with E-state index in [1.807, 2.05) is 0 Å². The van der Waals surface area contributed by atoms with Crippen LogP contribution in [-0.4, -0.2) is 35.7 Å². The maximum Gasteiger partial charge on any atom is 0.270 e. The maximum absolute atomic E-state index is 12.4. The highest BCUT2D eigenvalue weighted by atomic mass is 16.2. The Bertz CT molecular complexity index is 606. The van der Waals surface area contributed by atoms with Crippen LogP contribution in [0.4, 0.5) is 5.69 Å². The van der Waals surface area contributed by atoms with Crippen molar-refractivity contribution in [3.8, 4) is 0 Å². The lowest BCUT2D eigenvalue weighted by atomic mass is 9.98. The number of benzene rings is 1. The molecule has 1 saturated heterocycles. The lowest BCUT2D eigenvalue weighted by molar-refractivity contribution is -0.130. The Morgan fingerprint density at radius 3 is 2.75 bits per heavy atom. The van der Waals surface area contributed by atoms with Crippen molar-refractivity contribution in [2.45, 2.75) is 12.8 Å². The Labute approximate surface area is 115 Å². The molecular weight excluding hydrogens is 258 g/mol. The lowest BCUT2D eigenvalue weighted by Gasteiger charge is -2.24. The van der Waals surface area contributed by atoms with Crippen LogP contribution in [0.1, 0.15) is 33.6 Å². The van der Waals surface area contributed by atoms with Crippen LogP contribution < -0.4 is 11.1 Å². The van der Waals surface area contributed by atoms with Gasteiger partial charge in [-0.1, -0.05) is 6.07 Å². The molecule has 3 rings (SSSR count). The van der Waals surface area contributed by atoms with Gasteiger partial charge in [-0.05, 0) is 31.5 Å². The fourth-order valence-electron chi connectivity index (χ4n) is 2.76. The number of carbonyl (C=O) groups is 3. The number of nitrogens with zero attached hydrogens (tertiary/aromatic N) is 1. The molecule has 20 heavy (non-hydrogen) atoms. The van der Waals surface area contributed by atoms with Gasteiger partial charge >= 0.3 is 0 Å². The van der Waals surface area contributed by atoms with Crippen molar-refractivity contribution in [1.29, 1.82) is 0 Å². The van der Waals surface area contributed by atoms with Crippen LogP contribution in [0.2, 0.25) is 0 Å². The number of imide groups is 3. The van der Waals surface area contributed by atoms with E-state index in [0.717, 1.165) is 17.9 Å². The zero-order chi connectivity index (χ0) is 14.3. The number of nitrogen functional groups attached to an aromatic ring is 1. The van der Waals surface area contributed by atoms with Gasteiger partial charge in [-0.25, -0.2) is 4.90 Å². The third-order valence-electron chi connectivity index (χ3n) is 3.81. The summed E-state index contributed by atoms with van der Waals surface area (Å²) >= 11 is 0. The third kappa shape index (κ3) is 1.80. The first-order valence-corrected chi connectivity index (χ1v) is 6.63. The molecule has 6 nitrogen and oxygen atoms in total. The number of fused-ring (bicyclic) bond motifs is 1. The van der Waals surface area contributed by atoms with Crippen molar-refractivity contribution in [3.05, 3.63) is 29.3 Å². The van der Waals surface area contributed by atoms with E-state index in [1.165, 1.54) is 6.07 Å². The van der Waals surface area contributed by atoms with Crippen molar-refractivity contribution >= 4 is 23.4 Å². The van der Waals surface area contributed by atoms with E-state index in [1.54, 1.807) is 12.1 Å². The number of anilines is 1. The van der Waals surface area contributed by atoms with Gasteiger partial charge in [-0.2, -0.15) is 0 Å². The van der Waals surface area contributed by atoms with E-state index >= 15 is 0 Å². The van der Waals surface area contributed by atoms with E-state index in [4.69, 9.17) is 5.73 Å². The zero-order valence-electron chi connectivity index (χ0n) is 10.9. The average molecular weight is 273 g/mol. The fourth-order valence-corrected chi connectivity index (χ4v) is 2.76. The summed E-state index contributed by atoms with van der Waals surface area (Å²) in [5, 5.41) is 3.11. The molecule has 1 aromatic rings. The van der Waals surface area contributed by atoms with E-state index in [-0.39, 0.29) is 22.7 Å². The van der Waals surface area contributed by atoms with Gasteiger partial charge in [-0.3, -0.25) is 14.4 Å². The van der Waals surface area contributed by atoms with Crippen molar-refractivity contribution in [2.75, 3.05) is 18.8 Å². The summed E-state index contributed by atoms with van der Waals surface area (Å²) in [5.41, 5.74) is 6.34. The number of hydrogen-bond acceptors (Lipinski definition) is 5. The van der Waals surface area contributed by atoms with Crippen LogP contribution in [0.25, 0.3) is 0 Å². The van der Waals surface area contributed by atoms with E-state index in [0.29, 0.717) is 13.0 Å². The summed E-state index contributed by atoms with van der Waals surface area (Å²) in [7, 11) is 0. The molecule has 104 valence electrons. The normalized spacial score (nSPS) is 22.0. The summed E-state index contributed by atoms with van der Waals surface area (Å²) in [6.07, 6.45) is 1.55. The summed E-state index contributed by atoms with van der Waals surface area (Å²) in [6, 6.07) is 4.69. The molecule has 0 aromatic heterocycles. The molecule has 1 fully saturated rings. The highest BCUT2D eigenvalue weighted by molar-refractivity contribution is 6.30. The number of amides is 3. The van der Waals surface area contributed by atoms with Gasteiger partial charge in [0.15, 0.2) is 0 Å². The van der Waals surface area contributed by atoms with Gasteiger partial charge in [-0.15, -0.1) is 0 Å². The topological polar surface area (TPSA) is 92.5 Å². The number of hydrogen-bond donors (Lipinski definition) is 2. The predicted octanol–water partition coefficient (Wildman–Crippen LogP) is 0.391. The van der Waals surface area contributed by atoms with Crippen LogP contribution in [0.5, 0.6) is 0 Å². The molecule has 1 atom stereocenters. The second kappa shape index (κ2) is 4.72. The minimum absolute atomic E-state index is 0.148. The van der Waals surface area contributed by atoms with Crippen molar-refractivity contribution in [3.63, 3.8) is 0 Å². The molecule has 0 spiro atoms. The minimum atomic E-state index is -0.598. The summed E-state index contributed by atoms with van der Waals surface area (Å²) < 4.78 is 0. The Hall–Kier alpha value is -2.21. The highest BCUT2D eigenvalue weighted by Gasteiger charge is 2.43. The summed E-state index contributed by atoms with van der Waals surface area (Å²) in [6.45, 7) is 1.36. The Balaban J connectivity index is 1.93. The number of piperidine rings is 1. The van der Waals surface area contributed by atoms with Crippen molar-refractivity contribution in [1.82, 2.24) is 10.2 Å². The molecule has 3 amide bonds. The molecule has 0 radical (unpaired) electrons. The second-order valence-electron chi connectivity index (χ2n) is 5.10. The molecule has 2 aliphatic rings. The molecule has 1 aromatic carbocycles. The van der Waals surface area contributed by atoms with Crippen molar-refractivity contribution < 1.29 is 14.4 Å². The molecule has 0 bridgehead atoms. The average Bonchev–Trinajstić information content (AvgIpc) is 2.72. The number of rotatable bonds is 1. The zero-order valence-corrected chi connectivity index (χ0v) is 10.9. The smallest absolute Gasteiger partial charge is 0.270 e. The molecule has 3 N–H and O–H groups in total. The first kappa shape index (κ1) is 12.8. The summed E-state index contributed by atoms with van der Waals surface area (Å²) in [5.74, 6) is -1.92. The third-order valence-corrected chi connectivity index (χ3v) is 3.81. The van der Waals surface area contributed by atoms with Crippen LogP contribution >= 0.6 is 0 Å². The largest absolute Gasteiger partial charge is 0.398 e. The minimum Gasteiger partial charge on any atom is -0.398 e. The predicted molar refractivity (Wildman–Crippen MR) is 72.0 cm³/mol. The maximum atomic E-state index is 12.4. The van der Waals surface area contributed by atoms with E-state index in [9.17, 15) is 14.4 Å². The SMILES string of the molecule is Nc1cccc2c1C(=O)N(C(=O)[C@H]1CCCNC1)C2=O. The van der Waals surface area contributed by atoms with Gasteiger partial charge in [0.1, 0.15) is 0 Å². The Kier molecular flexibility index (Phi) is 3.02. The molecule has 2 aliphatic heterocycles. The first-order valence-electron chi connectivity index (χ1n) is 6.63. The molecule has 2 heterocycles. The quantitative estimate of drug-likeness (QED) is 0.570. The van der Waals surface area contributed by atoms with Gasteiger partial charge in [0.25, 0.3) is 11.8 Å². The standard InChI is InChI=1S/C14H15N3O3/c15-10-5-1-4-9-11(10)14(20)17(13(9)19)12(18)8-3-2-6-16-7-8/h1,4-5,8,16H,2-3,6-7,15H2/t8-/m0/s1.